The zero-order valence-corrected chi connectivity index (χ0v) is 12.3. The second kappa shape index (κ2) is 4.83. The van der Waals surface area contributed by atoms with Gasteiger partial charge in [-0.05, 0) is 49.6 Å². The molecule has 5 heteroatoms. The predicted octanol–water partition coefficient (Wildman–Crippen LogP) is 2.86. The van der Waals surface area contributed by atoms with Gasteiger partial charge in [-0.3, -0.25) is 0 Å². The van der Waals surface area contributed by atoms with Gasteiger partial charge in [0.05, 0.1) is 0 Å². The molecule has 0 atom stereocenters. The molecule has 0 aliphatic heterocycles. The lowest BCUT2D eigenvalue weighted by Crippen LogP contribution is -2.04. The minimum atomic E-state index is -3.96. The Hall–Kier alpha value is -2.01. The molecule has 0 aliphatic rings. The number of aryl methyl sites for hydroxylation is 2. The lowest BCUT2D eigenvalue weighted by molar-refractivity contribution is 0.448. The van der Waals surface area contributed by atoms with Crippen molar-refractivity contribution in [2.75, 3.05) is 0 Å². The van der Waals surface area contributed by atoms with E-state index in [1.165, 1.54) is 12.1 Å². The average molecular weight is 292 g/mol. The second-order valence-corrected chi connectivity index (χ2v) is 6.67. The minimum Gasteiger partial charge on any atom is -0.506 e. The number of hydrogen-bond acceptors (Lipinski definition) is 4. The zero-order valence-electron chi connectivity index (χ0n) is 11.5. The first-order valence-electron chi connectivity index (χ1n) is 6.09. The van der Waals surface area contributed by atoms with Crippen LogP contribution < -0.4 is 0 Å². The number of phenolic OH excluding ortho intramolecular Hbond substituents is 2. The largest absolute Gasteiger partial charge is 0.506 e. The maximum atomic E-state index is 12.6. The summed E-state index contributed by atoms with van der Waals surface area (Å²) in [4.78, 5) is -0.391. The fourth-order valence-corrected chi connectivity index (χ4v) is 3.53. The molecule has 0 saturated carbocycles. The van der Waals surface area contributed by atoms with Crippen molar-refractivity contribution < 1.29 is 18.6 Å². The molecule has 0 radical (unpaired) electrons. The van der Waals surface area contributed by atoms with E-state index in [2.05, 4.69) is 0 Å². The minimum absolute atomic E-state index is 0.193. The first-order chi connectivity index (χ1) is 9.26. The van der Waals surface area contributed by atoms with E-state index in [0.717, 1.165) is 5.56 Å². The van der Waals surface area contributed by atoms with Gasteiger partial charge in [0.2, 0.25) is 9.84 Å². The Balaban J connectivity index is 2.74. The highest BCUT2D eigenvalue weighted by molar-refractivity contribution is 7.91. The van der Waals surface area contributed by atoms with Crippen molar-refractivity contribution in [1.29, 1.82) is 0 Å². The van der Waals surface area contributed by atoms with Crippen LogP contribution in [0, 0.1) is 20.8 Å². The number of benzene rings is 2. The molecule has 0 spiro atoms. The molecule has 0 aromatic heterocycles. The van der Waals surface area contributed by atoms with Crippen LogP contribution in [0.15, 0.2) is 40.1 Å². The van der Waals surface area contributed by atoms with E-state index in [0.29, 0.717) is 11.1 Å². The van der Waals surface area contributed by atoms with Gasteiger partial charge in [0.15, 0.2) is 0 Å². The van der Waals surface area contributed by atoms with E-state index in [1.807, 2.05) is 0 Å². The quantitative estimate of drug-likeness (QED) is 0.892. The van der Waals surface area contributed by atoms with Crippen molar-refractivity contribution in [1.82, 2.24) is 0 Å². The molecular formula is C15H16O4S. The van der Waals surface area contributed by atoms with Gasteiger partial charge in [-0.15, -0.1) is 0 Å². The van der Waals surface area contributed by atoms with Crippen molar-refractivity contribution in [3.63, 3.8) is 0 Å². The highest BCUT2D eigenvalue weighted by atomic mass is 32.2. The third-order valence-corrected chi connectivity index (χ3v) is 5.26. The summed E-state index contributed by atoms with van der Waals surface area (Å²) in [6.45, 7) is 5.06. The molecule has 4 nitrogen and oxygen atoms in total. The predicted molar refractivity (Wildman–Crippen MR) is 75.9 cm³/mol. The zero-order chi connectivity index (χ0) is 15.1. The van der Waals surface area contributed by atoms with Gasteiger partial charge in [-0.25, -0.2) is 8.42 Å². The number of sulfone groups is 1. The van der Waals surface area contributed by atoms with Gasteiger partial charge in [-0.1, -0.05) is 18.2 Å². The first-order valence-corrected chi connectivity index (χ1v) is 7.58. The fraction of sp³-hybridized carbons (Fsp3) is 0.200. The summed E-state index contributed by atoms with van der Waals surface area (Å²) in [6, 6.07) is 7.49. The van der Waals surface area contributed by atoms with E-state index < -0.39 is 9.84 Å². The van der Waals surface area contributed by atoms with Crippen molar-refractivity contribution in [3.8, 4) is 11.5 Å². The standard InChI is InChI=1S/C15H16O4S/c1-9-7-8-13(15(17)11(9)3)20(18,19)12-6-4-5-10(2)14(12)16/h4-8,16-17H,1-3H3. The van der Waals surface area contributed by atoms with Crippen LogP contribution in [0.3, 0.4) is 0 Å². The Bertz CT molecular complexity index is 777. The molecule has 20 heavy (non-hydrogen) atoms. The van der Waals surface area contributed by atoms with E-state index in [1.54, 1.807) is 39.0 Å². The number of aromatic hydroxyl groups is 2. The Morgan fingerprint density at radius 2 is 1.40 bits per heavy atom. The third-order valence-electron chi connectivity index (χ3n) is 3.44. The maximum Gasteiger partial charge on any atom is 0.213 e. The monoisotopic (exact) mass is 292 g/mol. The fourth-order valence-electron chi connectivity index (χ4n) is 1.96. The van der Waals surface area contributed by atoms with Crippen LogP contribution in [-0.4, -0.2) is 18.6 Å². The lowest BCUT2D eigenvalue weighted by Gasteiger charge is -2.12. The van der Waals surface area contributed by atoms with Crippen LogP contribution in [-0.2, 0) is 9.84 Å². The van der Waals surface area contributed by atoms with Crippen molar-refractivity contribution in [2.45, 2.75) is 30.6 Å². The van der Waals surface area contributed by atoms with Crippen LogP contribution >= 0.6 is 0 Å². The molecule has 0 bridgehead atoms. The summed E-state index contributed by atoms with van der Waals surface area (Å²) in [6.07, 6.45) is 0. The molecule has 2 aromatic rings. The molecule has 0 amide bonds. The summed E-state index contributed by atoms with van der Waals surface area (Å²) in [5.74, 6) is -0.559. The highest BCUT2D eigenvalue weighted by Gasteiger charge is 2.26. The van der Waals surface area contributed by atoms with Gasteiger partial charge in [0.1, 0.15) is 21.3 Å². The molecule has 0 unspecified atom stereocenters. The average Bonchev–Trinajstić information content (AvgIpc) is 2.38. The number of hydrogen-bond donors (Lipinski definition) is 2. The highest BCUT2D eigenvalue weighted by Crippen LogP contribution is 2.36. The Labute approximate surface area is 118 Å². The summed E-state index contributed by atoms with van der Waals surface area (Å²) in [7, 11) is -3.96. The lowest BCUT2D eigenvalue weighted by atomic mass is 10.1. The SMILES string of the molecule is Cc1ccc(S(=O)(=O)c2cccc(C)c2O)c(O)c1C. The molecule has 2 rings (SSSR count). The summed E-state index contributed by atoms with van der Waals surface area (Å²) >= 11 is 0. The van der Waals surface area contributed by atoms with Crippen LogP contribution in [0.5, 0.6) is 11.5 Å². The van der Waals surface area contributed by atoms with Gasteiger partial charge in [0, 0.05) is 0 Å². The normalized spacial score (nSPS) is 11.6. The van der Waals surface area contributed by atoms with Crippen LogP contribution in [0.2, 0.25) is 0 Å². The van der Waals surface area contributed by atoms with Gasteiger partial charge >= 0.3 is 0 Å². The number of rotatable bonds is 2. The molecule has 2 N–H and O–H groups in total. The van der Waals surface area contributed by atoms with E-state index in [-0.39, 0.29) is 21.3 Å². The van der Waals surface area contributed by atoms with Gasteiger partial charge in [-0.2, -0.15) is 0 Å². The molecule has 2 aromatic carbocycles. The van der Waals surface area contributed by atoms with Crippen molar-refractivity contribution >= 4 is 9.84 Å². The molecular weight excluding hydrogens is 276 g/mol. The second-order valence-electron chi connectivity index (χ2n) is 4.78. The van der Waals surface area contributed by atoms with Crippen LogP contribution in [0.25, 0.3) is 0 Å². The van der Waals surface area contributed by atoms with Crippen molar-refractivity contribution in [3.05, 3.63) is 47.0 Å². The summed E-state index contributed by atoms with van der Waals surface area (Å²) in [5, 5.41) is 20.0. The van der Waals surface area contributed by atoms with E-state index in [9.17, 15) is 18.6 Å². The molecule has 106 valence electrons. The number of para-hydroxylation sites is 1. The molecule has 0 fully saturated rings. The van der Waals surface area contributed by atoms with Crippen LogP contribution in [0.4, 0.5) is 0 Å². The molecule has 0 heterocycles. The Morgan fingerprint density at radius 3 is 2.05 bits per heavy atom. The maximum absolute atomic E-state index is 12.6. The Kier molecular flexibility index (Phi) is 3.48. The van der Waals surface area contributed by atoms with Crippen LogP contribution in [0.1, 0.15) is 16.7 Å². The summed E-state index contributed by atoms with van der Waals surface area (Å²) < 4.78 is 25.1. The van der Waals surface area contributed by atoms with E-state index in [4.69, 9.17) is 0 Å². The molecule has 0 aliphatic carbocycles. The summed E-state index contributed by atoms with van der Waals surface area (Å²) in [5.41, 5.74) is 1.78. The first kappa shape index (κ1) is 14.4. The van der Waals surface area contributed by atoms with Gasteiger partial charge < -0.3 is 10.2 Å². The Morgan fingerprint density at radius 1 is 0.800 bits per heavy atom. The topological polar surface area (TPSA) is 74.6 Å². The van der Waals surface area contributed by atoms with Crippen molar-refractivity contribution in [2.24, 2.45) is 0 Å². The third kappa shape index (κ3) is 2.14. The van der Waals surface area contributed by atoms with Gasteiger partial charge in [0.25, 0.3) is 0 Å². The number of phenols is 2. The smallest absolute Gasteiger partial charge is 0.213 e. The van der Waals surface area contributed by atoms with E-state index >= 15 is 0 Å². The molecule has 0 saturated heterocycles.